The van der Waals surface area contributed by atoms with Gasteiger partial charge in [-0.1, -0.05) is 24.8 Å². The molecular weight excluding hydrogens is 339 g/mol. The Labute approximate surface area is 149 Å². The molecule has 0 radical (unpaired) electrons. The van der Waals surface area contributed by atoms with Gasteiger partial charge in [-0.15, -0.1) is 0 Å². The average Bonchev–Trinajstić information content (AvgIpc) is 2.95. The van der Waals surface area contributed by atoms with Crippen LogP contribution in [-0.4, -0.2) is 25.0 Å². The van der Waals surface area contributed by atoms with Crippen LogP contribution in [0, 0.1) is 5.82 Å². The molecule has 0 fully saturated rings. The lowest BCUT2D eigenvalue weighted by atomic mass is 10.1. The summed E-state index contributed by atoms with van der Waals surface area (Å²) in [5, 5.41) is 0. The van der Waals surface area contributed by atoms with E-state index in [1.807, 2.05) is 0 Å². The van der Waals surface area contributed by atoms with Crippen LogP contribution in [0.25, 0.3) is 6.08 Å². The molecule has 0 amide bonds. The van der Waals surface area contributed by atoms with Crippen LogP contribution in [0.2, 0.25) is 0 Å². The van der Waals surface area contributed by atoms with Gasteiger partial charge in [-0.05, 0) is 35.9 Å². The average molecular weight is 354 g/mol. The summed E-state index contributed by atoms with van der Waals surface area (Å²) in [5.74, 6) is -0.326. The third-order valence-electron chi connectivity index (χ3n) is 3.53. The minimum atomic E-state index is -0.528. The van der Waals surface area contributed by atoms with E-state index in [9.17, 15) is 14.0 Å². The van der Waals surface area contributed by atoms with Crippen molar-refractivity contribution >= 4 is 17.8 Å². The summed E-state index contributed by atoms with van der Waals surface area (Å²) in [6.07, 6.45) is 3.00. The lowest BCUT2D eigenvalue weighted by molar-refractivity contribution is -0.144. The number of carbonyl (C=O) groups excluding carboxylic acids is 2. The van der Waals surface area contributed by atoms with Gasteiger partial charge in [-0.25, -0.2) is 9.18 Å². The van der Waals surface area contributed by atoms with E-state index in [4.69, 9.17) is 14.2 Å². The highest BCUT2D eigenvalue weighted by atomic mass is 19.1. The molecular formula is C20H15FO5. The SMILES string of the molecule is C=CCOC(=O)COc1ccc2c(c1)O/C(=C\c1ccc(F)cc1)C2=O. The normalized spacial score (nSPS) is 13.9. The van der Waals surface area contributed by atoms with Crippen molar-refractivity contribution in [2.24, 2.45) is 0 Å². The molecule has 1 aliphatic rings. The van der Waals surface area contributed by atoms with Crippen LogP contribution in [0.4, 0.5) is 4.39 Å². The molecule has 1 heterocycles. The molecule has 0 bridgehead atoms. The lowest BCUT2D eigenvalue weighted by Gasteiger charge is -2.06. The predicted molar refractivity (Wildman–Crippen MR) is 92.4 cm³/mol. The van der Waals surface area contributed by atoms with Crippen LogP contribution >= 0.6 is 0 Å². The Balaban J connectivity index is 1.70. The molecule has 2 aromatic rings. The fraction of sp³-hybridized carbons (Fsp3) is 0.100. The second-order valence-electron chi connectivity index (χ2n) is 5.41. The first-order valence-electron chi connectivity index (χ1n) is 7.80. The van der Waals surface area contributed by atoms with Crippen LogP contribution < -0.4 is 9.47 Å². The Bertz CT molecular complexity index is 884. The number of ether oxygens (including phenoxy) is 3. The zero-order valence-electron chi connectivity index (χ0n) is 13.7. The van der Waals surface area contributed by atoms with Gasteiger partial charge in [0.1, 0.15) is 23.9 Å². The Kier molecular flexibility index (Phi) is 5.12. The number of halogens is 1. The molecule has 2 aromatic carbocycles. The molecule has 0 N–H and O–H groups in total. The molecule has 132 valence electrons. The number of Topliss-reactive ketones (excluding diaryl/α,β-unsaturated/α-hetero) is 1. The van der Waals surface area contributed by atoms with Gasteiger partial charge in [0.25, 0.3) is 0 Å². The highest BCUT2D eigenvalue weighted by Crippen LogP contribution is 2.34. The van der Waals surface area contributed by atoms with E-state index in [-0.39, 0.29) is 30.6 Å². The van der Waals surface area contributed by atoms with Gasteiger partial charge in [-0.3, -0.25) is 4.79 Å². The molecule has 0 aromatic heterocycles. The zero-order valence-corrected chi connectivity index (χ0v) is 13.7. The Morgan fingerprint density at radius 1 is 1.19 bits per heavy atom. The van der Waals surface area contributed by atoms with Gasteiger partial charge < -0.3 is 14.2 Å². The molecule has 0 atom stereocenters. The third kappa shape index (κ3) is 3.97. The van der Waals surface area contributed by atoms with Crippen molar-refractivity contribution in [2.75, 3.05) is 13.2 Å². The van der Waals surface area contributed by atoms with E-state index >= 15 is 0 Å². The summed E-state index contributed by atoms with van der Waals surface area (Å²) < 4.78 is 28.7. The van der Waals surface area contributed by atoms with Gasteiger partial charge in [0, 0.05) is 6.07 Å². The standard InChI is InChI=1S/C20H15FO5/c1-2-9-24-19(22)12-25-15-7-8-16-17(11-15)26-18(20(16)23)10-13-3-5-14(21)6-4-13/h2-8,10-11H,1,9,12H2/b18-10-. The molecule has 0 saturated carbocycles. The maximum absolute atomic E-state index is 13.0. The van der Waals surface area contributed by atoms with Crippen molar-refractivity contribution in [1.29, 1.82) is 0 Å². The molecule has 6 heteroatoms. The Morgan fingerprint density at radius 2 is 1.96 bits per heavy atom. The molecule has 0 unspecified atom stereocenters. The minimum absolute atomic E-state index is 0.113. The van der Waals surface area contributed by atoms with E-state index in [1.165, 1.54) is 30.4 Å². The highest BCUT2D eigenvalue weighted by molar-refractivity contribution is 6.14. The van der Waals surface area contributed by atoms with Crippen LogP contribution in [-0.2, 0) is 9.53 Å². The van der Waals surface area contributed by atoms with E-state index in [0.29, 0.717) is 22.6 Å². The number of carbonyl (C=O) groups is 2. The maximum Gasteiger partial charge on any atom is 0.344 e. The summed E-state index contributed by atoms with van der Waals surface area (Å²) >= 11 is 0. The fourth-order valence-electron chi connectivity index (χ4n) is 2.30. The highest BCUT2D eigenvalue weighted by Gasteiger charge is 2.27. The Morgan fingerprint density at radius 3 is 2.69 bits per heavy atom. The first kappa shape index (κ1) is 17.4. The first-order valence-corrected chi connectivity index (χ1v) is 7.80. The number of ketones is 1. The largest absolute Gasteiger partial charge is 0.482 e. The van der Waals surface area contributed by atoms with Crippen LogP contribution in [0.1, 0.15) is 15.9 Å². The molecule has 3 rings (SSSR count). The van der Waals surface area contributed by atoms with E-state index < -0.39 is 5.97 Å². The second-order valence-corrected chi connectivity index (χ2v) is 5.41. The number of rotatable bonds is 6. The second kappa shape index (κ2) is 7.65. The summed E-state index contributed by atoms with van der Waals surface area (Å²) in [6.45, 7) is 3.30. The molecule has 26 heavy (non-hydrogen) atoms. The van der Waals surface area contributed by atoms with Crippen molar-refractivity contribution < 1.29 is 28.2 Å². The van der Waals surface area contributed by atoms with Gasteiger partial charge in [-0.2, -0.15) is 0 Å². The molecule has 0 aliphatic carbocycles. The van der Waals surface area contributed by atoms with E-state index in [0.717, 1.165) is 0 Å². The first-order chi connectivity index (χ1) is 12.6. The monoisotopic (exact) mass is 354 g/mol. The van der Waals surface area contributed by atoms with Crippen molar-refractivity contribution in [3.05, 3.63) is 77.8 Å². The van der Waals surface area contributed by atoms with Crippen molar-refractivity contribution in [1.82, 2.24) is 0 Å². The van der Waals surface area contributed by atoms with Crippen LogP contribution in [0.5, 0.6) is 11.5 Å². The Hall–Kier alpha value is -3.41. The quantitative estimate of drug-likeness (QED) is 0.451. The fourth-order valence-corrected chi connectivity index (χ4v) is 2.30. The number of fused-ring (bicyclic) bond motifs is 1. The van der Waals surface area contributed by atoms with Crippen molar-refractivity contribution in [2.45, 2.75) is 0 Å². The number of hydrogen-bond donors (Lipinski definition) is 0. The van der Waals surface area contributed by atoms with Gasteiger partial charge >= 0.3 is 5.97 Å². The smallest absolute Gasteiger partial charge is 0.344 e. The molecule has 1 aliphatic heterocycles. The zero-order chi connectivity index (χ0) is 18.5. The molecule has 0 saturated heterocycles. The number of hydrogen-bond acceptors (Lipinski definition) is 5. The van der Waals surface area contributed by atoms with Crippen LogP contribution in [0.15, 0.2) is 60.9 Å². The van der Waals surface area contributed by atoms with E-state index in [1.54, 1.807) is 24.3 Å². The third-order valence-corrected chi connectivity index (χ3v) is 3.53. The van der Waals surface area contributed by atoms with Gasteiger partial charge in [0.2, 0.25) is 5.78 Å². The van der Waals surface area contributed by atoms with Gasteiger partial charge in [0.05, 0.1) is 5.56 Å². The van der Waals surface area contributed by atoms with Crippen LogP contribution in [0.3, 0.4) is 0 Å². The number of esters is 1. The summed E-state index contributed by atoms with van der Waals surface area (Å²) in [6, 6.07) is 10.4. The minimum Gasteiger partial charge on any atom is -0.482 e. The lowest BCUT2D eigenvalue weighted by Crippen LogP contribution is -2.14. The van der Waals surface area contributed by atoms with Crippen molar-refractivity contribution in [3.63, 3.8) is 0 Å². The summed E-state index contributed by atoms with van der Waals surface area (Å²) in [4.78, 5) is 23.8. The van der Waals surface area contributed by atoms with Gasteiger partial charge in [0.15, 0.2) is 12.4 Å². The predicted octanol–water partition coefficient (Wildman–Crippen LogP) is 3.55. The topological polar surface area (TPSA) is 61.8 Å². The summed E-state index contributed by atoms with van der Waals surface area (Å²) in [7, 11) is 0. The molecule has 0 spiro atoms. The summed E-state index contributed by atoms with van der Waals surface area (Å²) in [5.41, 5.74) is 1.03. The number of benzene rings is 2. The maximum atomic E-state index is 13.0. The van der Waals surface area contributed by atoms with Crippen molar-refractivity contribution in [3.8, 4) is 11.5 Å². The molecule has 5 nitrogen and oxygen atoms in total. The van der Waals surface area contributed by atoms with E-state index in [2.05, 4.69) is 6.58 Å². The number of allylic oxidation sites excluding steroid dienone is 1.